The normalized spacial score (nSPS) is 19.0. The smallest absolute Gasteiger partial charge is 0.349 e. The molecule has 1 aliphatic rings. The molecule has 1 N–H and O–H groups in total. The third-order valence-electron chi connectivity index (χ3n) is 2.82. The summed E-state index contributed by atoms with van der Waals surface area (Å²) in [6, 6.07) is 0.869. The van der Waals surface area contributed by atoms with Gasteiger partial charge in [-0.15, -0.1) is 0 Å². The molecule has 0 aliphatic heterocycles. The Bertz CT molecular complexity index is 385. The zero-order chi connectivity index (χ0) is 11.8. The van der Waals surface area contributed by atoms with Gasteiger partial charge in [-0.3, -0.25) is 0 Å². The van der Waals surface area contributed by atoms with Crippen LogP contribution in [0.1, 0.15) is 31.9 Å². The van der Waals surface area contributed by atoms with Crippen molar-refractivity contribution in [3.63, 3.8) is 0 Å². The topological polar surface area (TPSA) is 37.8 Å². The lowest BCUT2D eigenvalue weighted by molar-refractivity contribution is -0.141. The van der Waals surface area contributed by atoms with Gasteiger partial charge in [-0.25, -0.2) is 9.97 Å². The van der Waals surface area contributed by atoms with Crippen LogP contribution in [0, 0.1) is 0 Å². The molecule has 0 radical (unpaired) electrons. The van der Waals surface area contributed by atoms with E-state index in [0.717, 1.165) is 31.5 Å². The van der Waals surface area contributed by atoms with Crippen LogP contribution >= 0.6 is 0 Å². The summed E-state index contributed by atoms with van der Waals surface area (Å²) in [6.07, 6.45) is -0.332. The van der Waals surface area contributed by atoms with Crippen LogP contribution in [0.15, 0.2) is 12.3 Å². The SMILES string of the molecule is CC1(Nc2nccc(C(F)(F)F)n2)CCC1. The number of halogens is 3. The van der Waals surface area contributed by atoms with Gasteiger partial charge in [0.2, 0.25) is 5.95 Å². The molecule has 1 aromatic rings. The molecule has 16 heavy (non-hydrogen) atoms. The van der Waals surface area contributed by atoms with Crippen LogP contribution in [0.2, 0.25) is 0 Å². The first kappa shape index (κ1) is 11.2. The van der Waals surface area contributed by atoms with E-state index in [4.69, 9.17) is 0 Å². The van der Waals surface area contributed by atoms with Gasteiger partial charge >= 0.3 is 6.18 Å². The van der Waals surface area contributed by atoms with Gasteiger partial charge in [-0.2, -0.15) is 13.2 Å². The van der Waals surface area contributed by atoms with Crippen molar-refractivity contribution in [2.24, 2.45) is 0 Å². The van der Waals surface area contributed by atoms with Crippen LogP contribution in [0.4, 0.5) is 19.1 Å². The fourth-order valence-corrected chi connectivity index (χ4v) is 1.68. The van der Waals surface area contributed by atoms with Crippen LogP contribution < -0.4 is 5.32 Å². The third-order valence-corrected chi connectivity index (χ3v) is 2.82. The Kier molecular flexibility index (Phi) is 2.52. The maximum Gasteiger partial charge on any atom is 0.433 e. The van der Waals surface area contributed by atoms with E-state index in [0.29, 0.717) is 0 Å². The van der Waals surface area contributed by atoms with Crippen LogP contribution in [0.3, 0.4) is 0 Å². The molecule has 88 valence electrons. The number of alkyl halides is 3. The predicted molar refractivity (Wildman–Crippen MR) is 52.9 cm³/mol. The molecule has 1 aromatic heterocycles. The molecule has 6 heteroatoms. The fourth-order valence-electron chi connectivity index (χ4n) is 1.68. The highest BCUT2D eigenvalue weighted by molar-refractivity contribution is 5.31. The maximum absolute atomic E-state index is 12.4. The number of rotatable bonds is 2. The lowest BCUT2D eigenvalue weighted by Gasteiger charge is -2.39. The molecule has 0 spiro atoms. The summed E-state index contributed by atoms with van der Waals surface area (Å²) < 4.78 is 37.1. The maximum atomic E-state index is 12.4. The minimum Gasteiger partial charge on any atom is -0.349 e. The second-order valence-corrected chi connectivity index (χ2v) is 4.30. The highest BCUT2D eigenvalue weighted by Gasteiger charge is 2.35. The first-order chi connectivity index (χ1) is 7.39. The van der Waals surface area contributed by atoms with Crippen molar-refractivity contribution >= 4 is 5.95 Å². The quantitative estimate of drug-likeness (QED) is 0.850. The second-order valence-electron chi connectivity index (χ2n) is 4.30. The van der Waals surface area contributed by atoms with E-state index in [1.165, 1.54) is 0 Å². The Morgan fingerprint density at radius 2 is 2.06 bits per heavy atom. The van der Waals surface area contributed by atoms with Gasteiger partial charge in [0.15, 0.2) is 0 Å². The largest absolute Gasteiger partial charge is 0.433 e. The van der Waals surface area contributed by atoms with Gasteiger partial charge in [0.25, 0.3) is 0 Å². The minimum absolute atomic E-state index is 0.0528. The van der Waals surface area contributed by atoms with Crippen molar-refractivity contribution in [2.45, 2.75) is 37.9 Å². The highest BCUT2D eigenvalue weighted by atomic mass is 19.4. The van der Waals surface area contributed by atoms with Crippen LogP contribution in [0.25, 0.3) is 0 Å². The number of hydrogen-bond donors (Lipinski definition) is 1. The fraction of sp³-hybridized carbons (Fsp3) is 0.600. The summed E-state index contributed by atoms with van der Waals surface area (Å²) in [5, 5.41) is 2.94. The van der Waals surface area contributed by atoms with Gasteiger partial charge in [-0.1, -0.05) is 0 Å². The lowest BCUT2D eigenvalue weighted by Crippen LogP contribution is -2.42. The Labute approximate surface area is 91.1 Å². The van der Waals surface area contributed by atoms with E-state index in [1.54, 1.807) is 0 Å². The molecule has 0 atom stereocenters. The summed E-state index contributed by atoms with van der Waals surface area (Å²) in [5.41, 5.74) is -1.06. The summed E-state index contributed by atoms with van der Waals surface area (Å²) in [6.45, 7) is 1.96. The van der Waals surface area contributed by atoms with Crippen molar-refractivity contribution in [1.82, 2.24) is 9.97 Å². The van der Waals surface area contributed by atoms with E-state index >= 15 is 0 Å². The summed E-state index contributed by atoms with van der Waals surface area (Å²) >= 11 is 0. The monoisotopic (exact) mass is 231 g/mol. The summed E-state index contributed by atoms with van der Waals surface area (Å²) in [4.78, 5) is 7.26. The highest BCUT2D eigenvalue weighted by Crippen LogP contribution is 2.34. The van der Waals surface area contributed by atoms with Crippen molar-refractivity contribution < 1.29 is 13.2 Å². The van der Waals surface area contributed by atoms with Crippen molar-refractivity contribution in [1.29, 1.82) is 0 Å². The van der Waals surface area contributed by atoms with Crippen LogP contribution in [0.5, 0.6) is 0 Å². The Morgan fingerprint density at radius 1 is 1.38 bits per heavy atom. The van der Waals surface area contributed by atoms with Crippen molar-refractivity contribution in [3.05, 3.63) is 18.0 Å². The molecular weight excluding hydrogens is 219 g/mol. The number of hydrogen-bond acceptors (Lipinski definition) is 3. The van der Waals surface area contributed by atoms with Gasteiger partial charge in [0, 0.05) is 11.7 Å². The number of nitrogens with one attached hydrogen (secondary N) is 1. The van der Waals surface area contributed by atoms with Crippen LogP contribution in [-0.2, 0) is 6.18 Å². The van der Waals surface area contributed by atoms with E-state index in [2.05, 4.69) is 15.3 Å². The third kappa shape index (κ3) is 2.25. The average molecular weight is 231 g/mol. The van der Waals surface area contributed by atoms with E-state index in [9.17, 15) is 13.2 Å². The Hall–Kier alpha value is -1.33. The standard InChI is InChI=1S/C10H12F3N3/c1-9(4-2-5-9)16-8-14-6-3-7(15-8)10(11,12)13/h3,6H,2,4-5H2,1H3,(H,14,15,16). The molecule has 3 nitrogen and oxygen atoms in total. The number of anilines is 1. The zero-order valence-electron chi connectivity index (χ0n) is 8.80. The number of nitrogens with zero attached hydrogens (tertiary/aromatic N) is 2. The molecule has 0 bridgehead atoms. The first-order valence-electron chi connectivity index (χ1n) is 5.08. The molecule has 1 fully saturated rings. The van der Waals surface area contributed by atoms with Crippen molar-refractivity contribution in [3.8, 4) is 0 Å². The van der Waals surface area contributed by atoms with Crippen molar-refractivity contribution in [2.75, 3.05) is 5.32 Å². The predicted octanol–water partition coefficient (Wildman–Crippen LogP) is 2.85. The molecular formula is C10H12F3N3. The minimum atomic E-state index is -4.42. The molecule has 0 aromatic carbocycles. The van der Waals surface area contributed by atoms with Gasteiger partial charge in [-0.05, 0) is 32.3 Å². The summed E-state index contributed by atoms with van der Waals surface area (Å²) in [7, 11) is 0. The average Bonchev–Trinajstić information content (AvgIpc) is 2.14. The van der Waals surface area contributed by atoms with Gasteiger partial charge in [0.1, 0.15) is 5.69 Å². The number of aromatic nitrogens is 2. The van der Waals surface area contributed by atoms with Crippen LogP contribution in [-0.4, -0.2) is 15.5 Å². The van der Waals surface area contributed by atoms with Gasteiger partial charge < -0.3 is 5.32 Å². The lowest BCUT2D eigenvalue weighted by atomic mass is 9.79. The Balaban J connectivity index is 2.16. The van der Waals surface area contributed by atoms with Gasteiger partial charge in [0.05, 0.1) is 0 Å². The van der Waals surface area contributed by atoms with E-state index in [-0.39, 0.29) is 11.5 Å². The van der Waals surface area contributed by atoms with E-state index < -0.39 is 11.9 Å². The first-order valence-corrected chi connectivity index (χ1v) is 5.08. The van der Waals surface area contributed by atoms with E-state index in [1.807, 2.05) is 6.92 Å². The molecule has 1 aliphatic carbocycles. The molecule has 1 heterocycles. The molecule has 2 rings (SSSR count). The molecule has 1 saturated carbocycles. The molecule has 0 unspecified atom stereocenters. The molecule has 0 saturated heterocycles. The summed E-state index contributed by atoms with van der Waals surface area (Å²) in [5.74, 6) is 0.0528. The second kappa shape index (κ2) is 3.61. The molecule has 0 amide bonds. The zero-order valence-corrected chi connectivity index (χ0v) is 8.80. The Morgan fingerprint density at radius 3 is 2.56 bits per heavy atom.